The first-order valence-electron chi connectivity index (χ1n) is 5.05. The molecule has 15 heavy (non-hydrogen) atoms. The van der Waals surface area contributed by atoms with E-state index in [0.29, 0.717) is 5.25 Å². The molecule has 1 N–H and O–H groups in total. The van der Waals surface area contributed by atoms with Crippen LogP contribution in [0, 0.1) is 0 Å². The summed E-state index contributed by atoms with van der Waals surface area (Å²) in [7, 11) is 0. The van der Waals surface area contributed by atoms with Gasteiger partial charge in [0.15, 0.2) is 4.34 Å². The molecule has 86 valence electrons. The van der Waals surface area contributed by atoms with Crippen molar-refractivity contribution in [3.8, 4) is 0 Å². The van der Waals surface area contributed by atoms with Crippen molar-refractivity contribution in [2.75, 3.05) is 6.61 Å². The Morgan fingerprint density at radius 2 is 2.13 bits per heavy atom. The summed E-state index contributed by atoms with van der Waals surface area (Å²) < 4.78 is 5.35. The van der Waals surface area contributed by atoms with Crippen LogP contribution < -0.4 is 0 Å². The van der Waals surface area contributed by atoms with Gasteiger partial charge in [0.2, 0.25) is 0 Å². The van der Waals surface area contributed by atoms with E-state index in [4.69, 9.17) is 5.11 Å². The van der Waals surface area contributed by atoms with Crippen molar-refractivity contribution in [3.63, 3.8) is 0 Å². The van der Waals surface area contributed by atoms with Crippen molar-refractivity contribution in [1.82, 2.24) is 9.36 Å². The molecule has 0 bridgehead atoms. The molecule has 0 saturated heterocycles. The maximum absolute atomic E-state index is 8.80. The summed E-state index contributed by atoms with van der Waals surface area (Å²) in [6, 6.07) is 0. The lowest BCUT2D eigenvalue weighted by Gasteiger charge is -2.12. The fourth-order valence-corrected chi connectivity index (χ4v) is 3.06. The highest BCUT2D eigenvalue weighted by Crippen LogP contribution is 2.29. The summed E-state index contributed by atoms with van der Waals surface area (Å²) in [5.41, 5.74) is 0.0233. The zero-order valence-corrected chi connectivity index (χ0v) is 11.3. The fraction of sp³-hybridized carbons (Fsp3) is 0.800. The lowest BCUT2D eigenvalue weighted by atomic mass is 9.96. The van der Waals surface area contributed by atoms with Gasteiger partial charge in [-0.25, -0.2) is 4.98 Å². The normalized spacial score (nSPS) is 14.2. The van der Waals surface area contributed by atoms with E-state index in [1.54, 1.807) is 11.8 Å². The van der Waals surface area contributed by atoms with Crippen LogP contribution in [0.15, 0.2) is 4.34 Å². The van der Waals surface area contributed by atoms with Gasteiger partial charge in [-0.2, -0.15) is 4.37 Å². The van der Waals surface area contributed by atoms with E-state index in [-0.39, 0.29) is 12.0 Å². The Morgan fingerprint density at radius 1 is 1.47 bits per heavy atom. The minimum absolute atomic E-state index is 0.0233. The molecule has 1 rings (SSSR count). The highest BCUT2D eigenvalue weighted by molar-refractivity contribution is 8.01. The maximum Gasteiger partial charge on any atom is 0.170 e. The lowest BCUT2D eigenvalue weighted by molar-refractivity contribution is 0.289. The third kappa shape index (κ3) is 4.09. The summed E-state index contributed by atoms with van der Waals surface area (Å²) >= 11 is 3.14. The van der Waals surface area contributed by atoms with Crippen molar-refractivity contribution in [1.29, 1.82) is 0 Å². The number of rotatable bonds is 4. The van der Waals surface area contributed by atoms with E-state index >= 15 is 0 Å². The molecule has 3 nitrogen and oxygen atoms in total. The van der Waals surface area contributed by atoms with Crippen LogP contribution in [0.4, 0.5) is 0 Å². The molecule has 0 aromatic carbocycles. The number of aliphatic hydroxyl groups is 1. The van der Waals surface area contributed by atoms with Crippen molar-refractivity contribution in [3.05, 3.63) is 5.82 Å². The Hall–Kier alpha value is -0.130. The van der Waals surface area contributed by atoms with E-state index in [1.807, 2.05) is 0 Å². The monoisotopic (exact) mass is 246 g/mol. The second-order valence-corrected chi connectivity index (χ2v) is 7.01. The van der Waals surface area contributed by atoms with Crippen molar-refractivity contribution >= 4 is 23.3 Å². The van der Waals surface area contributed by atoms with Gasteiger partial charge in [-0.05, 0) is 18.0 Å². The van der Waals surface area contributed by atoms with Gasteiger partial charge in [0.05, 0.1) is 0 Å². The number of aromatic nitrogens is 2. The third-order valence-electron chi connectivity index (χ3n) is 1.92. The van der Waals surface area contributed by atoms with Gasteiger partial charge in [-0.1, -0.05) is 39.5 Å². The van der Waals surface area contributed by atoms with Gasteiger partial charge >= 0.3 is 0 Å². The van der Waals surface area contributed by atoms with Crippen LogP contribution in [0.25, 0.3) is 0 Å². The molecule has 5 heteroatoms. The van der Waals surface area contributed by atoms with Gasteiger partial charge in [0.1, 0.15) is 5.82 Å². The molecule has 0 aliphatic carbocycles. The summed E-state index contributed by atoms with van der Waals surface area (Å²) in [6.45, 7) is 8.67. The number of thioether (sulfide) groups is 1. The molecule has 1 unspecified atom stereocenters. The number of hydrogen-bond acceptors (Lipinski definition) is 5. The minimum atomic E-state index is 0.0233. The lowest BCUT2D eigenvalue weighted by Crippen LogP contribution is -2.13. The average molecular weight is 246 g/mol. The Morgan fingerprint density at radius 3 is 2.60 bits per heavy atom. The average Bonchev–Trinajstić information content (AvgIpc) is 2.52. The van der Waals surface area contributed by atoms with E-state index in [1.165, 1.54) is 11.5 Å². The molecule has 0 aliphatic heterocycles. The molecule has 1 aromatic rings. The maximum atomic E-state index is 8.80. The molecular formula is C10H18N2OS2. The molecule has 0 fully saturated rings. The predicted molar refractivity (Wildman–Crippen MR) is 65.6 cm³/mol. The van der Waals surface area contributed by atoms with Crippen molar-refractivity contribution in [2.24, 2.45) is 0 Å². The van der Waals surface area contributed by atoms with Crippen LogP contribution >= 0.6 is 23.3 Å². The van der Waals surface area contributed by atoms with Gasteiger partial charge in [-0.3, -0.25) is 0 Å². The molecule has 0 spiro atoms. The molecular weight excluding hydrogens is 228 g/mol. The SMILES string of the molecule is CC(CCO)Sc1nc(C(C)(C)C)ns1. The van der Waals surface area contributed by atoms with Gasteiger partial charge < -0.3 is 5.11 Å². The van der Waals surface area contributed by atoms with Crippen LogP contribution in [0.5, 0.6) is 0 Å². The first-order valence-corrected chi connectivity index (χ1v) is 6.70. The molecule has 1 heterocycles. The first kappa shape index (κ1) is 12.9. The van der Waals surface area contributed by atoms with Crippen LogP contribution in [0.2, 0.25) is 0 Å². The molecule has 1 aromatic heterocycles. The molecule has 0 saturated carbocycles. The molecule has 0 aliphatic rings. The van der Waals surface area contributed by atoms with Crippen LogP contribution in [-0.4, -0.2) is 26.3 Å². The Balaban J connectivity index is 2.61. The van der Waals surface area contributed by atoms with E-state index in [0.717, 1.165) is 16.6 Å². The number of aliphatic hydroxyl groups excluding tert-OH is 1. The Labute approximate surface area is 99.5 Å². The van der Waals surface area contributed by atoms with Crippen molar-refractivity contribution < 1.29 is 5.11 Å². The van der Waals surface area contributed by atoms with Gasteiger partial charge in [0, 0.05) is 17.3 Å². The predicted octanol–water partition coefficient (Wildman–Crippen LogP) is 2.70. The molecule has 0 amide bonds. The second-order valence-electron chi connectivity index (χ2n) is 4.57. The Kier molecular flexibility index (Phi) is 4.55. The third-order valence-corrected chi connectivity index (χ3v) is 3.87. The van der Waals surface area contributed by atoms with Crippen LogP contribution in [0.3, 0.4) is 0 Å². The van der Waals surface area contributed by atoms with E-state index < -0.39 is 0 Å². The summed E-state index contributed by atoms with van der Waals surface area (Å²) in [6.07, 6.45) is 0.801. The smallest absolute Gasteiger partial charge is 0.170 e. The highest BCUT2D eigenvalue weighted by Gasteiger charge is 2.20. The molecule has 1 atom stereocenters. The summed E-state index contributed by atoms with van der Waals surface area (Å²) in [5, 5.41) is 9.20. The van der Waals surface area contributed by atoms with Crippen LogP contribution in [0.1, 0.15) is 39.9 Å². The van der Waals surface area contributed by atoms with Gasteiger partial charge in [0.25, 0.3) is 0 Å². The quantitative estimate of drug-likeness (QED) is 0.830. The molecule has 0 radical (unpaired) electrons. The number of nitrogens with zero attached hydrogens (tertiary/aromatic N) is 2. The zero-order chi connectivity index (χ0) is 11.5. The minimum Gasteiger partial charge on any atom is -0.396 e. The van der Waals surface area contributed by atoms with E-state index in [9.17, 15) is 0 Å². The van der Waals surface area contributed by atoms with Crippen LogP contribution in [-0.2, 0) is 5.41 Å². The highest BCUT2D eigenvalue weighted by atomic mass is 32.2. The largest absolute Gasteiger partial charge is 0.396 e. The zero-order valence-electron chi connectivity index (χ0n) is 9.65. The second kappa shape index (κ2) is 5.27. The Bertz CT molecular complexity index is 307. The van der Waals surface area contributed by atoms with E-state index in [2.05, 4.69) is 37.1 Å². The fourth-order valence-electron chi connectivity index (χ4n) is 0.975. The first-order chi connectivity index (χ1) is 6.93. The van der Waals surface area contributed by atoms with Crippen molar-refractivity contribution in [2.45, 2.75) is 49.1 Å². The number of hydrogen-bond donors (Lipinski definition) is 1. The summed E-state index contributed by atoms with van der Waals surface area (Å²) in [5.74, 6) is 0.909. The topological polar surface area (TPSA) is 46.0 Å². The standard InChI is InChI=1S/C10H18N2OS2/c1-7(5-6-13)14-9-11-8(12-15-9)10(2,3)4/h7,13H,5-6H2,1-4H3. The summed E-state index contributed by atoms with van der Waals surface area (Å²) in [4.78, 5) is 4.49. The van der Waals surface area contributed by atoms with Gasteiger partial charge in [-0.15, -0.1) is 0 Å².